The standard InChI is InChI=1S/C18H20O4/c1-20-10-3-11-21-18-5-2-4-16(12-18)14-22-17-8-6-15(13-19)7-9-17/h2,4-9,12-13H,3,10-11,14H2,1H3. The Hall–Kier alpha value is -2.33. The van der Waals surface area contributed by atoms with Crippen LogP contribution in [0.3, 0.4) is 0 Å². The van der Waals surface area contributed by atoms with Crippen molar-refractivity contribution in [1.29, 1.82) is 0 Å². The second-order valence-electron chi connectivity index (χ2n) is 4.82. The molecule has 0 saturated carbocycles. The number of carbonyl (C=O) groups excluding carboxylic acids is 1. The summed E-state index contributed by atoms with van der Waals surface area (Å²) in [6.45, 7) is 1.78. The molecule has 2 aromatic rings. The molecule has 0 bridgehead atoms. The van der Waals surface area contributed by atoms with Crippen LogP contribution >= 0.6 is 0 Å². The summed E-state index contributed by atoms with van der Waals surface area (Å²) in [7, 11) is 1.68. The van der Waals surface area contributed by atoms with Gasteiger partial charge in [0, 0.05) is 25.7 Å². The summed E-state index contributed by atoms with van der Waals surface area (Å²) in [6, 6.07) is 14.9. The van der Waals surface area contributed by atoms with Crippen LogP contribution in [0, 0.1) is 0 Å². The monoisotopic (exact) mass is 300 g/mol. The zero-order chi connectivity index (χ0) is 15.6. The maximum Gasteiger partial charge on any atom is 0.150 e. The van der Waals surface area contributed by atoms with Gasteiger partial charge < -0.3 is 14.2 Å². The highest BCUT2D eigenvalue weighted by molar-refractivity contribution is 5.74. The van der Waals surface area contributed by atoms with Crippen LogP contribution in [-0.2, 0) is 11.3 Å². The van der Waals surface area contributed by atoms with E-state index < -0.39 is 0 Å². The lowest BCUT2D eigenvalue weighted by atomic mass is 10.2. The van der Waals surface area contributed by atoms with E-state index in [0.717, 1.165) is 29.8 Å². The van der Waals surface area contributed by atoms with Crippen molar-refractivity contribution < 1.29 is 19.0 Å². The van der Waals surface area contributed by atoms with Gasteiger partial charge in [-0.2, -0.15) is 0 Å². The molecule has 0 radical (unpaired) electrons. The predicted octanol–water partition coefficient (Wildman–Crippen LogP) is 3.49. The molecule has 0 heterocycles. The Morgan fingerprint density at radius 2 is 1.77 bits per heavy atom. The fourth-order valence-electron chi connectivity index (χ4n) is 1.93. The number of ether oxygens (including phenoxy) is 3. The molecule has 4 nitrogen and oxygen atoms in total. The van der Waals surface area contributed by atoms with Crippen LogP contribution < -0.4 is 9.47 Å². The Kier molecular flexibility index (Phi) is 6.45. The zero-order valence-corrected chi connectivity index (χ0v) is 12.7. The molecule has 0 aliphatic heterocycles. The smallest absolute Gasteiger partial charge is 0.150 e. The molecule has 0 aromatic heterocycles. The number of methoxy groups -OCH3 is 1. The van der Waals surface area contributed by atoms with E-state index in [-0.39, 0.29) is 0 Å². The summed E-state index contributed by atoms with van der Waals surface area (Å²) in [6.07, 6.45) is 1.68. The Balaban J connectivity index is 1.85. The average Bonchev–Trinajstić information content (AvgIpc) is 2.58. The molecular weight excluding hydrogens is 280 g/mol. The Bertz CT molecular complexity index is 578. The van der Waals surface area contributed by atoms with Gasteiger partial charge in [0.05, 0.1) is 6.61 Å². The van der Waals surface area contributed by atoms with Crippen LogP contribution in [0.5, 0.6) is 11.5 Å². The van der Waals surface area contributed by atoms with Crippen molar-refractivity contribution in [1.82, 2.24) is 0 Å². The first-order chi connectivity index (χ1) is 10.8. The topological polar surface area (TPSA) is 44.8 Å². The third kappa shape index (κ3) is 5.22. The molecule has 0 unspecified atom stereocenters. The fourth-order valence-corrected chi connectivity index (χ4v) is 1.93. The van der Waals surface area contributed by atoms with Crippen molar-refractivity contribution in [2.24, 2.45) is 0 Å². The molecule has 0 spiro atoms. The van der Waals surface area contributed by atoms with E-state index in [2.05, 4.69) is 0 Å². The van der Waals surface area contributed by atoms with Gasteiger partial charge in [-0.3, -0.25) is 4.79 Å². The van der Waals surface area contributed by atoms with Gasteiger partial charge >= 0.3 is 0 Å². The second kappa shape index (κ2) is 8.85. The molecule has 0 fully saturated rings. The van der Waals surface area contributed by atoms with E-state index in [1.54, 1.807) is 31.4 Å². The van der Waals surface area contributed by atoms with Crippen LogP contribution in [0.4, 0.5) is 0 Å². The highest BCUT2D eigenvalue weighted by Crippen LogP contribution is 2.17. The molecule has 2 rings (SSSR count). The molecule has 22 heavy (non-hydrogen) atoms. The number of rotatable bonds is 9. The summed E-state index contributed by atoms with van der Waals surface area (Å²) in [5.41, 5.74) is 1.67. The molecular formula is C18H20O4. The maximum absolute atomic E-state index is 10.6. The van der Waals surface area contributed by atoms with E-state index in [0.29, 0.717) is 25.4 Å². The highest BCUT2D eigenvalue weighted by Gasteiger charge is 2.00. The lowest BCUT2D eigenvalue weighted by molar-refractivity contribution is 0.112. The van der Waals surface area contributed by atoms with Crippen molar-refractivity contribution in [2.45, 2.75) is 13.0 Å². The van der Waals surface area contributed by atoms with Gasteiger partial charge in [0.2, 0.25) is 0 Å². The molecule has 0 N–H and O–H groups in total. The van der Waals surface area contributed by atoms with Gasteiger partial charge in [-0.15, -0.1) is 0 Å². The van der Waals surface area contributed by atoms with E-state index in [1.807, 2.05) is 24.3 Å². The third-order valence-electron chi connectivity index (χ3n) is 3.08. The van der Waals surface area contributed by atoms with Crippen LogP contribution in [0.1, 0.15) is 22.3 Å². The molecule has 2 aromatic carbocycles. The van der Waals surface area contributed by atoms with Crippen LogP contribution in [0.25, 0.3) is 0 Å². The Labute approximate surface area is 130 Å². The SMILES string of the molecule is COCCCOc1cccc(COc2ccc(C=O)cc2)c1. The lowest BCUT2D eigenvalue weighted by Gasteiger charge is -2.09. The first-order valence-electron chi connectivity index (χ1n) is 7.20. The minimum Gasteiger partial charge on any atom is -0.493 e. The minimum absolute atomic E-state index is 0.454. The number of hydrogen-bond donors (Lipinski definition) is 0. The first-order valence-corrected chi connectivity index (χ1v) is 7.20. The van der Waals surface area contributed by atoms with Gasteiger partial charge in [-0.1, -0.05) is 12.1 Å². The first kappa shape index (κ1) is 16.0. The van der Waals surface area contributed by atoms with Gasteiger partial charge in [-0.05, 0) is 42.0 Å². The average molecular weight is 300 g/mol. The molecule has 0 aliphatic carbocycles. The summed E-state index contributed by atoms with van der Waals surface area (Å²) in [5.74, 6) is 1.56. The van der Waals surface area contributed by atoms with Gasteiger partial charge in [0.15, 0.2) is 0 Å². The van der Waals surface area contributed by atoms with Gasteiger partial charge in [0.1, 0.15) is 24.4 Å². The van der Waals surface area contributed by atoms with E-state index in [4.69, 9.17) is 14.2 Å². The summed E-state index contributed by atoms with van der Waals surface area (Å²) in [5, 5.41) is 0. The molecule has 116 valence electrons. The molecule has 0 atom stereocenters. The summed E-state index contributed by atoms with van der Waals surface area (Å²) >= 11 is 0. The van der Waals surface area contributed by atoms with Gasteiger partial charge in [-0.25, -0.2) is 0 Å². The zero-order valence-electron chi connectivity index (χ0n) is 12.7. The number of benzene rings is 2. The molecule has 0 amide bonds. The van der Waals surface area contributed by atoms with E-state index in [9.17, 15) is 4.79 Å². The van der Waals surface area contributed by atoms with Crippen LogP contribution in [-0.4, -0.2) is 26.6 Å². The quantitative estimate of drug-likeness (QED) is 0.525. The van der Waals surface area contributed by atoms with Crippen molar-refractivity contribution in [3.05, 3.63) is 59.7 Å². The number of aldehydes is 1. The van der Waals surface area contributed by atoms with E-state index >= 15 is 0 Å². The second-order valence-corrected chi connectivity index (χ2v) is 4.82. The van der Waals surface area contributed by atoms with Crippen LogP contribution in [0.2, 0.25) is 0 Å². The maximum atomic E-state index is 10.6. The van der Waals surface area contributed by atoms with Crippen molar-refractivity contribution in [2.75, 3.05) is 20.3 Å². The Morgan fingerprint density at radius 3 is 2.50 bits per heavy atom. The summed E-state index contributed by atoms with van der Waals surface area (Å²) < 4.78 is 16.3. The number of carbonyl (C=O) groups is 1. The third-order valence-corrected chi connectivity index (χ3v) is 3.08. The van der Waals surface area contributed by atoms with E-state index in [1.165, 1.54) is 0 Å². The Morgan fingerprint density at radius 1 is 0.955 bits per heavy atom. The minimum atomic E-state index is 0.454. The molecule has 0 aliphatic rings. The normalized spacial score (nSPS) is 10.2. The highest BCUT2D eigenvalue weighted by atomic mass is 16.5. The van der Waals surface area contributed by atoms with Crippen molar-refractivity contribution >= 4 is 6.29 Å². The van der Waals surface area contributed by atoms with Crippen LogP contribution in [0.15, 0.2) is 48.5 Å². The lowest BCUT2D eigenvalue weighted by Crippen LogP contribution is -2.02. The predicted molar refractivity (Wildman–Crippen MR) is 84.6 cm³/mol. The number of hydrogen-bond acceptors (Lipinski definition) is 4. The van der Waals surface area contributed by atoms with Gasteiger partial charge in [0.25, 0.3) is 0 Å². The molecule has 0 saturated heterocycles. The van der Waals surface area contributed by atoms with Crippen molar-refractivity contribution in [3.8, 4) is 11.5 Å². The fraction of sp³-hybridized carbons (Fsp3) is 0.278. The molecule has 4 heteroatoms. The summed E-state index contributed by atoms with van der Waals surface area (Å²) in [4.78, 5) is 10.6. The van der Waals surface area contributed by atoms with Crippen molar-refractivity contribution in [3.63, 3.8) is 0 Å². The largest absolute Gasteiger partial charge is 0.493 e.